The fourth-order valence-corrected chi connectivity index (χ4v) is 4.35. The maximum absolute atomic E-state index is 12.8. The summed E-state index contributed by atoms with van der Waals surface area (Å²) in [7, 11) is -3.58. The van der Waals surface area contributed by atoms with Crippen molar-refractivity contribution >= 4 is 21.7 Å². The lowest BCUT2D eigenvalue weighted by Crippen LogP contribution is -2.32. The van der Waals surface area contributed by atoms with Crippen molar-refractivity contribution in [3.05, 3.63) is 95.3 Å². The van der Waals surface area contributed by atoms with Gasteiger partial charge in [-0.25, -0.2) is 13.2 Å². The molecule has 0 aliphatic carbocycles. The molecule has 0 aliphatic heterocycles. The number of carbonyl (C=O) groups excluding carboxylic acids is 1. The van der Waals surface area contributed by atoms with Gasteiger partial charge in [-0.2, -0.15) is 0 Å². The normalized spacial score (nSPS) is 12.2. The highest BCUT2D eigenvalue weighted by Gasteiger charge is 2.22. The van der Waals surface area contributed by atoms with E-state index in [0.29, 0.717) is 22.4 Å². The lowest BCUT2D eigenvalue weighted by Gasteiger charge is -2.25. The van der Waals surface area contributed by atoms with Crippen molar-refractivity contribution in [2.45, 2.75) is 26.5 Å². The molecule has 7 nitrogen and oxygen atoms in total. The van der Waals surface area contributed by atoms with E-state index in [1.165, 1.54) is 4.31 Å². The number of nitrogens with zero attached hydrogens (tertiary/aromatic N) is 2. The van der Waals surface area contributed by atoms with Gasteiger partial charge in [-0.05, 0) is 60.9 Å². The zero-order valence-electron chi connectivity index (χ0n) is 18.0. The summed E-state index contributed by atoms with van der Waals surface area (Å²) in [6, 6.07) is 16.9. The number of pyridine rings is 1. The molecule has 0 fully saturated rings. The lowest BCUT2D eigenvalue weighted by atomic mass is 9.99. The number of ether oxygens (including phenoxy) is 1. The van der Waals surface area contributed by atoms with Gasteiger partial charge < -0.3 is 9.84 Å². The minimum atomic E-state index is -3.58. The van der Waals surface area contributed by atoms with Crippen molar-refractivity contribution in [1.29, 1.82) is 0 Å². The summed E-state index contributed by atoms with van der Waals surface area (Å²) >= 11 is 0. The molecular weight excluding hydrogens is 428 g/mol. The van der Waals surface area contributed by atoms with Gasteiger partial charge >= 0.3 is 5.97 Å². The number of aliphatic hydroxyl groups is 1. The Bertz CT molecular complexity index is 1170. The molecule has 8 heteroatoms. The van der Waals surface area contributed by atoms with Gasteiger partial charge in [0.1, 0.15) is 6.10 Å². The number of sulfonamides is 1. The molecule has 0 aliphatic rings. The summed E-state index contributed by atoms with van der Waals surface area (Å²) in [5.74, 6) is -0.534. The quantitative estimate of drug-likeness (QED) is 0.495. The molecule has 3 rings (SSSR count). The molecule has 1 heterocycles. The van der Waals surface area contributed by atoms with E-state index < -0.39 is 22.1 Å². The molecule has 1 aromatic heterocycles. The van der Waals surface area contributed by atoms with Crippen LogP contribution in [0, 0.1) is 0 Å². The fraction of sp³-hybridized carbons (Fsp3) is 0.250. The van der Waals surface area contributed by atoms with Crippen molar-refractivity contribution in [3.63, 3.8) is 0 Å². The maximum atomic E-state index is 12.8. The highest BCUT2D eigenvalue weighted by Crippen LogP contribution is 2.28. The van der Waals surface area contributed by atoms with Crippen LogP contribution in [0.5, 0.6) is 0 Å². The first-order chi connectivity index (χ1) is 15.4. The second-order valence-corrected chi connectivity index (χ2v) is 9.29. The van der Waals surface area contributed by atoms with Crippen molar-refractivity contribution < 1.29 is 23.1 Å². The van der Waals surface area contributed by atoms with Gasteiger partial charge in [-0.15, -0.1) is 0 Å². The average molecular weight is 455 g/mol. The highest BCUT2D eigenvalue weighted by molar-refractivity contribution is 7.92. The smallest absolute Gasteiger partial charge is 0.338 e. The molecule has 1 atom stereocenters. The van der Waals surface area contributed by atoms with Gasteiger partial charge in [0.25, 0.3) is 0 Å². The second kappa shape index (κ2) is 10.4. The second-order valence-electron chi connectivity index (χ2n) is 7.11. The zero-order chi connectivity index (χ0) is 23.1. The number of aromatic nitrogens is 1. The van der Waals surface area contributed by atoms with E-state index in [0.717, 1.165) is 5.56 Å². The molecule has 168 valence electrons. The average Bonchev–Trinajstić information content (AvgIpc) is 2.83. The third kappa shape index (κ3) is 5.52. The predicted molar refractivity (Wildman–Crippen MR) is 123 cm³/mol. The van der Waals surface area contributed by atoms with Gasteiger partial charge in [-0.1, -0.05) is 30.3 Å². The van der Waals surface area contributed by atoms with Crippen LogP contribution in [0.15, 0.2) is 73.1 Å². The Balaban J connectivity index is 1.95. The van der Waals surface area contributed by atoms with Crippen LogP contribution in [0.4, 0.5) is 5.69 Å². The van der Waals surface area contributed by atoms with E-state index in [1.54, 1.807) is 80.8 Å². The Morgan fingerprint density at radius 2 is 1.78 bits per heavy atom. The number of hydrogen-bond acceptors (Lipinski definition) is 6. The number of rotatable bonds is 9. The Hall–Kier alpha value is -3.23. The van der Waals surface area contributed by atoms with Crippen molar-refractivity contribution in [2.24, 2.45) is 0 Å². The fourth-order valence-electron chi connectivity index (χ4n) is 3.26. The minimum absolute atomic E-state index is 0.0678. The van der Waals surface area contributed by atoms with Crippen LogP contribution in [0.2, 0.25) is 0 Å². The molecule has 32 heavy (non-hydrogen) atoms. The largest absolute Gasteiger partial charge is 0.462 e. The molecule has 0 radical (unpaired) electrons. The van der Waals surface area contributed by atoms with Crippen molar-refractivity contribution in [1.82, 2.24) is 4.98 Å². The standard InChI is InChI=1S/C24H26N2O5S/c1-3-31-24(28)21-11-5-9-19(14-21)23(27)20-10-6-12-22(15-20)26(32(29,30)4-2)17-18-8-7-13-25-16-18/h5-16,23,27H,3-4,17H2,1-2H3. The minimum Gasteiger partial charge on any atom is -0.462 e. The van der Waals surface area contributed by atoms with E-state index in [9.17, 15) is 18.3 Å². The molecule has 3 aromatic rings. The molecule has 0 saturated carbocycles. The third-order valence-electron chi connectivity index (χ3n) is 4.94. The summed E-state index contributed by atoms with van der Waals surface area (Å²) in [5.41, 5.74) is 2.54. The van der Waals surface area contributed by atoms with Crippen LogP contribution in [0.25, 0.3) is 0 Å². The molecule has 1 unspecified atom stereocenters. The van der Waals surface area contributed by atoms with E-state index in [1.807, 2.05) is 6.07 Å². The lowest BCUT2D eigenvalue weighted by molar-refractivity contribution is 0.0526. The van der Waals surface area contributed by atoms with E-state index in [-0.39, 0.29) is 18.9 Å². The number of anilines is 1. The molecule has 1 N–H and O–H groups in total. The molecule has 0 spiro atoms. The van der Waals surface area contributed by atoms with Crippen LogP contribution in [-0.2, 0) is 21.3 Å². The van der Waals surface area contributed by atoms with Gasteiger partial charge in [0.05, 0.1) is 30.2 Å². The third-order valence-corrected chi connectivity index (χ3v) is 6.68. The Morgan fingerprint density at radius 1 is 1.06 bits per heavy atom. The summed E-state index contributed by atoms with van der Waals surface area (Å²) in [5, 5.41) is 11.0. The predicted octanol–water partition coefficient (Wildman–Crippen LogP) is 3.70. The monoisotopic (exact) mass is 454 g/mol. The van der Waals surface area contributed by atoms with Crippen molar-refractivity contribution in [3.8, 4) is 0 Å². The molecular formula is C24H26N2O5S. The topological polar surface area (TPSA) is 96.8 Å². The molecule has 2 aromatic carbocycles. The Kier molecular flexibility index (Phi) is 7.61. The molecule has 0 saturated heterocycles. The van der Waals surface area contributed by atoms with Crippen LogP contribution in [-0.4, -0.2) is 36.8 Å². The van der Waals surface area contributed by atoms with Crippen LogP contribution in [0.1, 0.15) is 47.0 Å². The molecule has 0 bridgehead atoms. The van der Waals surface area contributed by atoms with E-state index >= 15 is 0 Å². The summed E-state index contributed by atoms with van der Waals surface area (Å²) in [6.45, 7) is 3.70. The van der Waals surface area contributed by atoms with Crippen LogP contribution in [0.3, 0.4) is 0 Å². The van der Waals surface area contributed by atoms with Gasteiger partial charge in [0, 0.05) is 12.4 Å². The van der Waals surface area contributed by atoms with Crippen molar-refractivity contribution in [2.75, 3.05) is 16.7 Å². The van der Waals surface area contributed by atoms with E-state index in [2.05, 4.69) is 4.98 Å². The van der Waals surface area contributed by atoms with Crippen LogP contribution >= 0.6 is 0 Å². The number of hydrogen-bond donors (Lipinski definition) is 1. The Labute approximate surface area is 188 Å². The summed E-state index contributed by atoms with van der Waals surface area (Å²) < 4.78 is 32.0. The Morgan fingerprint density at radius 3 is 2.44 bits per heavy atom. The maximum Gasteiger partial charge on any atom is 0.338 e. The number of esters is 1. The highest BCUT2D eigenvalue weighted by atomic mass is 32.2. The van der Waals surface area contributed by atoms with Gasteiger partial charge in [-0.3, -0.25) is 9.29 Å². The summed E-state index contributed by atoms with van der Waals surface area (Å²) in [6.07, 6.45) is 2.20. The zero-order valence-corrected chi connectivity index (χ0v) is 18.8. The van der Waals surface area contributed by atoms with Gasteiger partial charge in [0.15, 0.2) is 0 Å². The number of carbonyl (C=O) groups is 1. The van der Waals surface area contributed by atoms with Gasteiger partial charge in [0.2, 0.25) is 10.0 Å². The SMILES string of the molecule is CCOC(=O)c1cccc(C(O)c2cccc(N(Cc3cccnc3)S(=O)(=O)CC)c2)c1. The first-order valence-corrected chi connectivity index (χ1v) is 11.9. The van der Waals surface area contributed by atoms with Crippen LogP contribution < -0.4 is 4.31 Å². The molecule has 0 amide bonds. The van der Waals surface area contributed by atoms with E-state index in [4.69, 9.17) is 4.74 Å². The number of aliphatic hydroxyl groups excluding tert-OH is 1. The summed E-state index contributed by atoms with van der Waals surface area (Å²) in [4.78, 5) is 16.1. The number of benzene rings is 2. The first kappa shape index (κ1) is 23.4. The first-order valence-electron chi connectivity index (χ1n) is 10.3.